The third kappa shape index (κ3) is 4.89. The van der Waals surface area contributed by atoms with E-state index in [1.165, 1.54) is 5.54 Å². The van der Waals surface area contributed by atoms with Gasteiger partial charge in [-0.15, -0.1) is 0 Å². The molecule has 18 heavy (non-hydrogen) atoms. The maximum atomic E-state index is 6.20. The van der Waals surface area contributed by atoms with Crippen molar-refractivity contribution in [2.45, 2.75) is 33.4 Å². The molecule has 0 bridgehead atoms. The molecule has 0 unspecified atom stereocenters. The first kappa shape index (κ1) is 15.4. The van der Waals surface area contributed by atoms with Crippen LogP contribution < -0.4 is 10.1 Å². The molecule has 0 radical (unpaired) electrons. The minimum absolute atomic E-state index is 0.401. The second kappa shape index (κ2) is 7.67. The first-order valence-corrected chi connectivity index (χ1v) is 6.75. The molecule has 0 aromatic heterocycles. The fraction of sp³-hybridized carbons (Fsp3) is 0.429. The van der Waals surface area contributed by atoms with Gasteiger partial charge in [0.2, 0.25) is 0 Å². The predicted octanol–water partition coefficient (Wildman–Crippen LogP) is 4.36. The fourth-order valence-electron chi connectivity index (χ4n) is 1.37. The van der Waals surface area contributed by atoms with Gasteiger partial charge in [0.15, 0.2) is 0 Å². The van der Waals surface area contributed by atoms with Crippen molar-refractivity contribution in [3.8, 4) is 5.75 Å². The summed E-state index contributed by atoms with van der Waals surface area (Å²) < 4.78 is 5.73. The van der Waals surface area contributed by atoms with E-state index in [0.29, 0.717) is 24.2 Å². The van der Waals surface area contributed by atoms with E-state index in [2.05, 4.69) is 19.2 Å². The molecule has 1 rings (SSSR count). The van der Waals surface area contributed by atoms with Crippen molar-refractivity contribution in [3.63, 3.8) is 0 Å². The van der Waals surface area contributed by atoms with Crippen molar-refractivity contribution in [3.05, 3.63) is 39.9 Å². The Labute approximate surface area is 119 Å². The quantitative estimate of drug-likeness (QED) is 0.839. The zero-order valence-corrected chi connectivity index (χ0v) is 12.5. The molecule has 0 saturated heterocycles. The Morgan fingerprint density at radius 3 is 2.78 bits per heavy atom. The molecule has 2 nitrogen and oxygen atoms in total. The van der Waals surface area contributed by atoms with Crippen LogP contribution in [0.5, 0.6) is 5.75 Å². The van der Waals surface area contributed by atoms with Crippen LogP contribution >= 0.6 is 23.2 Å². The van der Waals surface area contributed by atoms with E-state index < -0.39 is 0 Å². The van der Waals surface area contributed by atoms with Gasteiger partial charge in [0.25, 0.3) is 0 Å². The molecule has 0 saturated carbocycles. The number of benzene rings is 1. The van der Waals surface area contributed by atoms with Crippen LogP contribution in [0.1, 0.15) is 26.3 Å². The molecule has 0 atom stereocenters. The van der Waals surface area contributed by atoms with Crippen LogP contribution in [-0.2, 0) is 6.54 Å². The summed E-state index contributed by atoms with van der Waals surface area (Å²) in [5, 5.41) is 4.06. The third-order valence-corrected chi connectivity index (χ3v) is 3.13. The Bertz CT molecular complexity index is 416. The molecule has 1 aromatic carbocycles. The molecule has 1 N–H and O–H groups in total. The van der Waals surface area contributed by atoms with Crippen molar-refractivity contribution in [1.82, 2.24) is 5.32 Å². The molecule has 4 heteroatoms. The minimum Gasteiger partial charge on any atom is -0.489 e. The van der Waals surface area contributed by atoms with Crippen LogP contribution in [0.3, 0.4) is 0 Å². The number of ether oxygens (including phenoxy) is 1. The van der Waals surface area contributed by atoms with Gasteiger partial charge in [-0.1, -0.05) is 43.1 Å². The number of nitrogens with one attached hydrogen (secondary N) is 1. The van der Waals surface area contributed by atoms with Crippen LogP contribution in [0, 0.1) is 0 Å². The van der Waals surface area contributed by atoms with Gasteiger partial charge in [-0.05, 0) is 24.6 Å². The summed E-state index contributed by atoms with van der Waals surface area (Å²) in [7, 11) is 0. The summed E-state index contributed by atoms with van der Waals surface area (Å²) in [6, 6.07) is 6.08. The largest absolute Gasteiger partial charge is 0.489 e. The Morgan fingerprint density at radius 1 is 1.44 bits per heavy atom. The standard InChI is InChI=1S/C14H19Cl2NO/c1-10(2)17-8-12-13(16)5-4-6-14(12)18-9-11(3)7-15/h4-7,10,17H,8-9H2,1-3H3/b11-7+. The number of rotatable bonds is 6. The van der Waals surface area contributed by atoms with E-state index in [1.54, 1.807) is 0 Å². The van der Waals surface area contributed by atoms with Crippen LogP contribution in [0.4, 0.5) is 0 Å². The molecule has 0 aliphatic rings. The first-order valence-electron chi connectivity index (χ1n) is 5.94. The Morgan fingerprint density at radius 2 is 2.17 bits per heavy atom. The average molecular weight is 288 g/mol. The maximum absolute atomic E-state index is 6.20. The fourth-order valence-corrected chi connectivity index (χ4v) is 1.67. The van der Waals surface area contributed by atoms with Crippen LogP contribution in [-0.4, -0.2) is 12.6 Å². The first-order chi connectivity index (χ1) is 8.54. The summed E-state index contributed by atoms with van der Waals surface area (Å²) in [6.07, 6.45) is 0. The van der Waals surface area contributed by atoms with E-state index >= 15 is 0 Å². The van der Waals surface area contributed by atoms with Gasteiger partial charge >= 0.3 is 0 Å². The summed E-state index contributed by atoms with van der Waals surface area (Å²) in [5.41, 5.74) is 3.48. The summed E-state index contributed by atoms with van der Waals surface area (Å²) >= 11 is 11.8. The van der Waals surface area contributed by atoms with Crippen LogP contribution in [0.25, 0.3) is 0 Å². The zero-order chi connectivity index (χ0) is 13.5. The maximum Gasteiger partial charge on any atom is 0.125 e. The molecular weight excluding hydrogens is 269 g/mol. The van der Waals surface area contributed by atoms with Gasteiger partial charge in [0.1, 0.15) is 12.4 Å². The Balaban J connectivity index is 2.79. The predicted molar refractivity (Wildman–Crippen MR) is 78.5 cm³/mol. The number of hydrogen-bond donors (Lipinski definition) is 1. The molecule has 0 aliphatic heterocycles. The second-order valence-corrected chi connectivity index (χ2v) is 5.12. The van der Waals surface area contributed by atoms with E-state index in [4.69, 9.17) is 27.9 Å². The Hall–Kier alpha value is -0.700. The monoisotopic (exact) mass is 287 g/mol. The molecule has 0 heterocycles. The average Bonchev–Trinajstić information content (AvgIpc) is 2.34. The third-order valence-electron chi connectivity index (χ3n) is 2.40. The van der Waals surface area contributed by atoms with Crippen LogP contribution in [0.2, 0.25) is 5.02 Å². The summed E-state index contributed by atoms with van der Waals surface area (Å²) in [4.78, 5) is 0. The van der Waals surface area contributed by atoms with Crippen molar-refractivity contribution in [2.75, 3.05) is 6.61 Å². The highest BCUT2D eigenvalue weighted by atomic mass is 35.5. The number of hydrogen-bond acceptors (Lipinski definition) is 2. The highest BCUT2D eigenvalue weighted by molar-refractivity contribution is 6.31. The normalized spacial score (nSPS) is 12.0. The summed E-state index contributed by atoms with van der Waals surface area (Å²) in [6.45, 7) is 7.27. The van der Waals surface area contributed by atoms with E-state index in [9.17, 15) is 0 Å². The lowest BCUT2D eigenvalue weighted by atomic mass is 10.2. The van der Waals surface area contributed by atoms with E-state index in [1.807, 2.05) is 25.1 Å². The second-order valence-electron chi connectivity index (χ2n) is 4.50. The SMILES string of the molecule is C/C(=C\Cl)COc1cccc(Cl)c1CNC(C)C. The lowest BCUT2D eigenvalue weighted by molar-refractivity contribution is 0.347. The van der Waals surface area contributed by atoms with E-state index in [-0.39, 0.29) is 0 Å². The van der Waals surface area contributed by atoms with E-state index in [0.717, 1.165) is 16.9 Å². The smallest absolute Gasteiger partial charge is 0.125 e. The van der Waals surface area contributed by atoms with Crippen molar-refractivity contribution < 1.29 is 4.74 Å². The van der Waals surface area contributed by atoms with Crippen molar-refractivity contribution in [2.24, 2.45) is 0 Å². The molecule has 0 aliphatic carbocycles. The van der Waals surface area contributed by atoms with Gasteiger partial charge < -0.3 is 10.1 Å². The van der Waals surface area contributed by atoms with Gasteiger partial charge in [-0.25, -0.2) is 0 Å². The topological polar surface area (TPSA) is 21.3 Å². The highest BCUT2D eigenvalue weighted by Gasteiger charge is 2.08. The molecule has 1 aromatic rings. The zero-order valence-electron chi connectivity index (χ0n) is 11.0. The molecule has 0 fully saturated rings. The van der Waals surface area contributed by atoms with Gasteiger partial charge in [-0.3, -0.25) is 0 Å². The Kier molecular flexibility index (Phi) is 6.55. The lowest BCUT2D eigenvalue weighted by Gasteiger charge is -2.15. The summed E-state index contributed by atoms with van der Waals surface area (Å²) in [5.74, 6) is 0.800. The van der Waals surface area contributed by atoms with Gasteiger partial charge in [-0.2, -0.15) is 0 Å². The molecular formula is C14H19Cl2NO. The van der Waals surface area contributed by atoms with Crippen LogP contribution in [0.15, 0.2) is 29.3 Å². The minimum atomic E-state index is 0.401. The van der Waals surface area contributed by atoms with Gasteiger partial charge in [0.05, 0.1) is 0 Å². The number of halogens is 2. The molecule has 0 spiro atoms. The van der Waals surface area contributed by atoms with Gasteiger partial charge in [0, 0.05) is 28.7 Å². The lowest BCUT2D eigenvalue weighted by Crippen LogP contribution is -2.22. The molecule has 0 amide bonds. The molecule has 100 valence electrons. The van der Waals surface area contributed by atoms with Crippen molar-refractivity contribution >= 4 is 23.2 Å². The van der Waals surface area contributed by atoms with Crippen molar-refractivity contribution in [1.29, 1.82) is 0 Å². The highest BCUT2D eigenvalue weighted by Crippen LogP contribution is 2.26.